The molecule has 0 saturated carbocycles. The molecule has 0 unspecified atom stereocenters. The van der Waals surface area contributed by atoms with Crippen LogP contribution in [-0.2, 0) is 16.0 Å². The van der Waals surface area contributed by atoms with Crippen LogP contribution in [0.25, 0.3) is 6.08 Å². The molecule has 0 heterocycles. The van der Waals surface area contributed by atoms with Crippen LogP contribution in [0, 0.1) is 5.82 Å². The molecular weight excluding hydrogens is 295 g/mol. The fraction of sp³-hybridized carbons (Fsp3) is 0.158. The quantitative estimate of drug-likeness (QED) is 0.462. The average molecular weight is 312 g/mol. The first kappa shape index (κ1) is 16.6. The van der Waals surface area contributed by atoms with Gasteiger partial charge in [0.05, 0.1) is 0 Å². The van der Waals surface area contributed by atoms with Crippen LogP contribution in [0.5, 0.6) is 0 Å². The Hall–Kier alpha value is -2.75. The topological polar surface area (TPSA) is 43.4 Å². The number of hydrogen-bond donors (Lipinski definition) is 0. The Bertz CT molecular complexity index is 700. The molecule has 0 saturated heterocycles. The molecule has 0 aliphatic rings. The van der Waals surface area contributed by atoms with Gasteiger partial charge in [-0.2, -0.15) is 0 Å². The van der Waals surface area contributed by atoms with Crippen LogP contribution >= 0.6 is 0 Å². The van der Waals surface area contributed by atoms with Crippen molar-refractivity contribution < 1.29 is 18.7 Å². The van der Waals surface area contributed by atoms with Gasteiger partial charge >= 0.3 is 5.97 Å². The predicted octanol–water partition coefficient (Wildman–Crippen LogP) is 3.83. The van der Waals surface area contributed by atoms with Crippen molar-refractivity contribution in [3.8, 4) is 0 Å². The zero-order valence-corrected chi connectivity index (χ0v) is 12.8. The lowest BCUT2D eigenvalue weighted by Gasteiger charge is -2.03. The molecular formula is C19H17FO3. The Morgan fingerprint density at radius 1 is 1.04 bits per heavy atom. The van der Waals surface area contributed by atoms with E-state index in [0.29, 0.717) is 11.1 Å². The second-order valence-electron chi connectivity index (χ2n) is 4.97. The molecule has 3 nitrogen and oxygen atoms in total. The number of carbonyl (C=O) groups is 2. The summed E-state index contributed by atoms with van der Waals surface area (Å²) in [4.78, 5) is 23.5. The second kappa shape index (κ2) is 8.03. The lowest BCUT2D eigenvalue weighted by Crippen LogP contribution is -2.12. The molecule has 118 valence electrons. The maximum Gasteiger partial charge on any atom is 0.331 e. The van der Waals surface area contributed by atoms with Gasteiger partial charge in [0, 0.05) is 11.6 Å². The van der Waals surface area contributed by atoms with Crippen molar-refractivity contribution in [2.75, 3.05) is 6.61 Å². The fourth-order valence-electron chi connectivity index (χ4n) is 1.93. The number of carbonyl (C=O) groups excluding carboxylic acids is 2. The molecule has 4 heteroatoms. The number of ether oxygens (including phenoxy) is 1. The van der Waals surface area contributed by atoms with E-state index in [-0.39, 0.29) is 18.2 Å². The molecule has 0 radical (unpaired) electrons. The number of halogens is 1. The minimum absolute atomic E-state index is 0.254. The van der Waals surface area contributed by atoms with Crippen LogP contribution in [0.4, 0.5) is 4.39 Å². The zero-order valence-electron chi connectivity index (χ0n) is 12.8. The van der Waals surface area contributed by atoms with Gasteiger partial charge in [-0.3, -0.25) is 4.79 Å². The van der Waals surface area contributed by atoms with Gasteiger partial charge in [0.25, 0.3) is 0 Å². The number of benzene rings is 2. The number of esters is 1. The molecule has 0 bridgehead atoms. The van der Waals surface area contributed by atoms with E-state index in [1.807, 2.05) is 19.1 Å². The summed E-state index contributed by atoms with van der Waals surface area (Å²) in [6.45, 7) is 1.73. The summed E-state index contributed by atoms with van der Waals surface area (Å²) >= 11 is 0. The highest BCUT2D eigenvalue weighted by Crippen LogP contribution is 2.07. The molecule has 0 aromatic heterocycles. The van der Waals surface area contributed by atoms with Crippen molar-refractivity contribution in [2.45, 2.75) is 13.3 Å². The summed E-state index contributed by atoms with van der Waals surface area (Å²) < 4.78 is 17.7. The molecule has 2 aromatic rings. The molecule has 2 rings (SSSR count). The van der Waals surface area contributed by atoms with Crippen LogP contribution in [0.15, 0.2) is 54.6 Å². The van der Waals surface area contributed by atoms with Crippen molar-refractivity contribution in [1.82, 2.24) is 0 Å². The van der Waals surface area contributed by atoms with Crippen LogP contribution < -0.4 is 0 Å². The Labute approximate surface area is 134 Å². The Kier molecular flexibility index (Phi) is 5.80. The summed E-state index contributed by atoms with van der Waals surface area (Å²) in [5.41, 5.74) is 2.32. The molecule has 0 N–H and O–H groups in total. The molecule has 0 aliphatic heterocycles. The van der Waals surface area contributed by atoms with E-state index >= 15 is 0 Å². The van der Waals surface area contributed by atoms with Gasteiger partial charge < -0.3 is 4.74 Å². The molecule has 23 heavy (non-hydrogen) atoms. The third-order valence-corrected chi connectivity index (χ3v) is 3.31. The van der Waals surface area contributed by atoms with Crippen molar-refractivity contribution in [3.63, 3.8) is 0 Å². The highest BCUT2D eigenvalue weighted by atomic mass is 19.1. The lowest BCUT2D eigenvalue weighted by molar-refractivity contribution is -0.136. The first-order valence-electron chi connectivity index (χ1n) is 7.31. The van der Waals surface area contributed by atoms with E-state index in [1.54, 1.807) is 24.3 Å². The average Bonchev–Trinajstić information content (AvgIpc) is 2.59. The van der Waals surface area contributed by atoms with Gasteiger partial charge in [0.15, 0.2) is 12.4 Å². The highest BCUT2D eigenvalue weighted by molar-refractivity contribution is 5.98. The largest absolute Gasteiger partial charge is 0.454 e. The summed E-state index contributed by atoms with van der Waals surface area (Å²) in [6.07, 6.45) is 3.61. The molecule has 0 aliphatic carbocycles. The Morgan fingerprint density at radius 3 is 2.30 bits per heavy atom. The Morgan fingerprint density at radius 2 is 1.70 bits per heavy atom. The third-order valence-electron chi connectivity index (χ3n) is 3.31. The van der Waals surface area contributed by atoms with Crippen LogP contribution in [-0.4, -0.2) is 18.4 Å². The van der Waals surface area contributed by atoms with Gasteiger partial charge in [-0.25, -0.2) is 9.18 Å². The Balaban J connectivity index is 1.85. The minimum atomic E-state index is -0.618. The predicted molar refractivity (Wildman–Crippen MR) is 86.5 cm³/mol. The van der Waals surface area contributed by atoms with E-state index in [1.165, 1.54) is 24.3 Å². The summed E-state index contributed by atoms with van der Waals surface area (Å²) in [7, 11) is 0. The van der Waals surface area contributed by atoms with Crippen LogP contribution in [0.1, 0.15) is 28.4 Å². The molecule has 0 amide bonds. The van der Waals surface area contributed by atoms with Crippen molar-refractivity contribution in [2.24, 2.45) is 0 Å². The number of Topliss-reactive ketones (excluding diaryl/α,β-unsaturated/α-hetero) is 1. The number of ketones is 1. The summed E-state index contributed by atoms with van der Waals surface area (Å²) in [6, 6.07) is 12.9. The van der Waals surface area contributed by atoms with E-state index in [4.69, 9.17) is 4.74 Å². The second-order valence-corrected chi connectivity index (χ2v) is 4.97. The molecule has 0 atom stereocenters. The number of rotatable bonds is 6. The van der Waals surface area contributed by atoms with Gasteiger partial charge in [-0.1, -0.05) is 43.3 Å². The molecule has 2 aromatic carbocycles. The van der Waals surface area contributed by atoms with E-state index in [2.05, 4.69) is 0 Å². The van der Waals surface area contributed by atoms with Crippen molar-refractivity contribution >= 4 is 17.8 Å². The number of aryl methyl sites for hydroxylation is 1. The normalized spacial score (nSPS) is 10.7. The SMILES string of the molecule is CCc1ccc(C(=O)COC(=O)C=Cc2ccc(F)cc2)cc1. The first-order chi connectivity index (χ1) is 11.1. The van der Waals surface area contributed by atoms with Gasteiger partial charge in [-0.05, 0) is 35.8 Å². The summed E-state index contributed by atoms with van der Waals surface area (Å²) in [5, 5.41) is 0. The van der Waals surface area contributed by atoms with Crippen molar-refractivity contribution in [1.29, 1.82) is 0 Å². The zero-order chi connectivity index (χ0) is 16.7. The monoisotopic (exact) mass is 312 g/mol. The maximum atomic E-state index is 12.8. The van der Waals surface area contributed by atoms with Crippen molar-refractivity contribution in [3.05, 3.63) is 77.1 Å². The highest BCUT2D eigenvalue weighted by Gasteiger charge is 2.08. The fourth-order valence-corrected chi connectivity index (χ4v) is 1.93. The maximum absolute atomic E-state index is 12.8. The van der Waals surface area contributed by atoms with E-state index < -0.39 is 5.97 Å². The molecule has 0 fully saturated rings. The van der Waals surface area contributed by atoms with E-state index in [0.717, 1.165) is 12.0 Å². The minimum Gasteiger partial charge on any atom is -0.454 e. The smallest absolute Gasteiger partial charge is 0.331 e. The number of hydrogen-bond acceptors (Lipinski definition) is 3. The van der Waals surface area contributed by atoms with E-state index in [9.17, 15) is 14.0 Å². The van der Waals surface area contributed by atoms with Gasteiger partial charge in [-0.15, -0.1) is 0 Å². The standard InChI is InChI=1S/C19H17FO3/c1-2-14-3-8-16(9-4-14)18(21)13-23-19(22)12-7-15-5-10-17(20)11-6-15/h3-12H,2,13H2,1H3. The van der Waals surface area contributed by atoms with Crippen LogP contribution in [0.3, 0.4) is 0 Å². The van der Waals surface area contributed by atoms with Crippen LogP contribution in [0.2, 0.25) is 0 Å². The third kappa shape index (κ3) is 5.18. The lowest BCUT2D eigenvalue weighted by atomic mass is 10.1. The molecule has 0 spiro atoms. The van der Waals surface area contributed by atoms with Gasteiger partial charge in [0.2, 0.25) is 0 Å². The summed E-state index contributed by atoms with van der Waals surface area (Å²) in [5.74, 6) is -1.21. The first-order valence-corrected chi connectivity index (χ1v) is 7.31. The van der Waals surface area contributed by atoms with Gasteiger partial charge in [0.1, 0.15) is 5.82 Å².